The molecule has 166 valence electrons. The number of nitrogens with zero attached hydrogens (tertiary/aromatic N) is 1. The molecule has 1 saturated heterocycles. The zero-order valence-electron chi connectivity index (χ0n) is 17.3. The van der Waals surface area contributed by atoms with Gasteiger partial charge in [0, 0.05) is 24.8 Å². The summed E-state index contributed by atoms with van der Waals surface area (Å²) in [5, 5.41) is 4.93. The fraction of sp³-hybridized carbons (Fsp3) is 0.364. The molecule has 1 atom stereocenters. The second-order valence-electron chi connectivity index (χ2n) is 7.58. The first kappa shape index (κ1) is 22.9. The molecule has 2 aromatic carbocycles. The number of amides is 2. The predicted octanol–water partition coefficient (Wildman–Crippen LogP) is 2.82. The number of piperidine rings is 1. The number of hydrogen-bond acceptors (Lipinski definition) is 4. The van der Waals surface area contributed by atoms with E-state index in [4.69, 9.17) is 0 Å². The van der Waals surface area contributed by atoms with Crippen LogP contribution in [-0.2, 0) is 19.6 Å². The van der Waals surface area contributed by atoms with E-state index in [-0.39, 0.29) is 17.5 Å². The molecule has 2 N–H and O–H groups in total. The molecule has 2 aromatic rings. The number of halogens is 1. The van der Waals surface area contributed by atoms with Crippen LogP contribution in [0.1, 0.15) is 31.2 Å². The van der Waals surface area contributed by atoms with Crippen LogP contribution in [0, 0.1) is 12.7 Å². The van der Waals surface area contributed by atoms with Crippen LogP contribution in [0.3, 0.4) is 0 Å². The highest BCUT2D eigenvalue weighted by Crippen LogP contribution is 2.27. The van der Waals surface area contributed by atoms with Gasteiger partial charge >= 0.3 is 11.8 Å². The van der Waals surface area contributed by atoms with Gasteiger partial charge in [0.2, 0.25) is 10.0 Å². The Labute approximate surface area is 181 Å². The highest BCUT2D eigenvalue weighted by Gasteiger charge is 2.33. The maximum absolute atomic E-state index is 13.1. The Balaban J connectivity index is 1.56. The lowest BCUT2D eigenvalue weighted by Crippen LogP contribution is -2.45. The number of hydrogen-bond donors (Lipinski definition) is 2. The normalized spacial score (nSPS) is 17.2. The molecule has 1 aliphatic heterocycles. The molecule has 0 unspecified atom stereocenters. The lowest BCUT2D eigenvalue weighted by atomic mass is 10.0. The highest BCUT2D eigenvalue weighted by atomic mass is 32.2. The van der Waals surface area contributed by atoms with Gasteiger partial charge in [-0.1, -0.05) is 24.1 Å². The first-order valence-electron chi connectivity index (χ1n) is 10.2. The SMILES string of the molecule is Cc1ccc(S(=O)(=O)N2CCCC[C@H]2CCNC(=O)C(=O)Nc2ccc(F)cc2)cc1. The Morgan fingerprint density at radius 3 is 2.39 bits per heavy atom. The van der Waals surface area contributed by atoms with Gasteiger partial charge in [-0.2, -0.15) is 4.31 Å². The number of nitrogens with one attached hydrogen (secondary N) is 2. The fourth-order valence-electron chi connectivity index (χ4n) is 3.58. The molecule has 0 saturated carbocycles. The molecular formula is C22H26FN3O4S. The summed E-state index contributed by atoms with van der Waals surface area (Å²) in [6.07, 6.45) is 2.79. The van der Waals surface area contributed by atoms with Crippen LogP contribution in [0.25, 0.3) is 0 Å². The van der Waals surface area contributed by atoms with Crippen LogP contribution < -0.4 is 10.6 Å². The van der Waals surface area contributed by atoms with Crippen LogP contribution in [0.2, 0.25) is 0 Å². The van der Waals surface area contributed by atoms with Gasteiger partial charge in [0.15, 0.2) is 0 Å². The third-order valence-electron chi connectivity index (χ3n) is 5.27. The number of carbonyl (C=O) groups is 2. The fourth-order valence-corrected chi connectivity index (χ4v) is 5.30. The molecule has 31 heavy (non-hydrogen) atoms. The van der Waals surface area contributed by atoms with Gasteiger partial charge in [-0.15, -0.1) is 0 Å². The van der Waals surface area contributed by atoms with Crippen LogP contribution in [0.15, 0.2) is 53.4 Å². The number of carbonyl (C=O) groups excluding carboxylic acids is 2. The van der Waals surface area contributed by atoms with Crippen molar-refractivity contribution < 1.29 is 22.4 Å². The number of aryl methyl sites for hydroxylation is 1. The van der Waals surface area contributed by atoms with E-state index in [0.29, 0.717) is 25.1 Å². The molecule has 1 aliphatic rings. The van der Waals surface area contributed by atoms with Crippen molar-refractivity contribution in [1.82, 2.24) is 9.62 Å². The Bertz CT molecular complexity index is 1020. The standard InChI is InChI=1S/C22H26FN3O4S/c1-16-5-11-20(12-6-16)31(29,30)26-15-3-2-4-19(26)13-14-24-21(27)22(28)25-18-9-7-17(23)8-10-18/h5-12,19H,2-4,13-15H2,1H3,(H,24,27)(H,25,28)/t19-/m0/s1. The first-order chi connectivity index (χ1) is 14.8. The summed E-state index contributed by atoms with van der Waals surface area (Å²) in [5.74, 6) is -2.13. The molecule has 3 rings (SSSR count). The van der Waals surface area contributed by atoms with E-state index in [1.54, 1.807) is 24.3 Å². The molecule has 1 fully saturated rings. The smallest absolute Gasteiger partial charge is 0.313 e. The Hall–Kier alpha value is -2.78. The van der Waals surface area contributed by atoms with Crippen molar-refractivity contribution in [3.8, 4) is 0 Å². The molecular weight excluding hydrogens is 421 g/mol. The Kier molecular flexibility index (Phi) is 7.40. The summed E-state index contributed by atoms with van der Waals surface area (Å²) in [5.41, 5.74) is 1.29. The molecule has 0 aliphatic carbocycles. The average molecular weight is 448 g/mol. The van der Waals surface area contributed by atoms with Gasteiger partial charge in [0.25, 0.3) is 0 Å². The average Bonchev–Trinajstić information content (AvgIpc) is 2.76. The van der Waals surface area contributed by atoms with Gasteiger partial charge in [-0.3, -0.25) is 9.59 Å². The van der Waals surface area contributed by atoms with Crippen molar-refractivity contribution in [3.05, 3.63) is 59.9 Å². The third kappa shape index (κ3) is 5.89. The van der Waals surface area contributed by atoms with Crippen LogP contribution in [0.5, 0.6) is 0 Å². The van der Waals surface area contributed by atoms with Gasteiger partial charge in [-0.25, -0.2) is 12.8 Å². The van der Waals surface area contributed by atoms with Crippen LogP contribution in [0.4, 0.5) is 10.1 Å². The van der Waals surface area contributed by atoms with E-state index in [1.165, 1.54) is 28.6 Å². The zero-order chi connectivity index (χ0) is 22.4. The van der Waals surface area contributed by atoms with Gasteiger partial charge in [0.1, 0.15) is 5.82 Å². The molecule has 0 aromatic heterocycles. The summed E-state index contributed by atoms with van der Waals surface area (Å²) in [6.45, 7) is 2.50. The van der Waals surface area contributed by atoms with Crippen molar-refractivity contribution in [1.29, 1.82) is 0 Å². The van der Waals surface area contributed by atoms with E-state index in [9.17, 15) is 22.4 Å². The van der Waals surface area contributed by atoms with Crippen LogP contribution >= 0.6 is 0 Å². The van der Waals surface area contributed by atoms with E-state index in [1.807, 2.05) is 6.92 Å². The van der Waals surface area contributed by atoms with Gasteiger partial charge < -0.3 is 10.6 Å². The second kappa shape index (κ2) is 10.0. The van der Waals surface area contributed by atoms with Crippen molar-refractivity contribution >= 4 is 27.5 Å². The number of sulfonamides is 1. The van der Waals surface area contributed by atoms with Gasteiger partial charge in [0.05, 0.1) is 4.90 Å². The number of rotatable bonds is 6. The first-order valence-corrected chi connectivity index (χ1v) is 11.6. The second-order valence-corrected chi connectivity index (χ2v) is 9.47. The third-order valence-corrected chi connectivity index (χ3v) is 7.24. The molecule has 0 radical (unpaired) electrons. The molecule has 0 spiro atoms. The quantitative estimate of drug-likeness (QED) is 0.666. The summed E-state index contributed by atoms with van der Waals surface area (Å²) in [4.78, 5) is 24.3. The minimum atomic E-state index is -3.63. The van der Waals surface area contributed by atoms with Crippen molar-refractivity contribution in [2.24, 2.45) is 0 Å². The minimum absolute atomic E-state index is 0.167. The molecule has 7 nitrogen and oxygen atoms in total. The summed E-state index contributed by atoms with van der Waals surface area (Å²) >= 11 is 0. The Morgan fingerprint density at radius 1 is 1.03 bits per heavy atom. The lowest BCUT2D eigenvalue weighted by Gasteiger charge is -2.34. The predicted molar refractivity (Wildman–Crippen MR) is 115 cm³/mol. The molecule has 0 bridgehead atoms. The van der Waals surface area contributed by atoms with Crippen LogP contribution in [-0.4, -0.2) is 43.7 Å². The monoisotopic (exact) mass is 447 g/mol. The van der Waals surface area contributed by atoms with Crippen molar-refractivity contribution in [3.63, 3.8) is 0 Å². The van der Waals surface area contributed by atoms with Crippen molar-refractivity contribution in [2.45, 2.75) is 43.5 Å². The lowest BCUT2D eigenvalue weighted by molar-refractivity contribution is -0.136. The molecule has 9 heteroatoms. The van der Waals surface area contributed by atoms with Crippen molar-refractivity contribution in [2.75, 3.05) is 18.4 Å². The summed E-state index contributed by atoms with van der Waals surface area (Å²) in [7, 11) is -3.63. The number of anilines is 1. The zero-order valence-corrected chi connectivity index (χ0v) is 18.1. The summed E-state index contributed by atoms with van der Waals surface area (Å²) in [6, 6.07) is 11.6. The molecule has 2 amide bonds. The number of benzene rings is 2. The maximum Gasteiger partial charge on any atom is 0.313 e. The summed E-state index contributed by atoms with van der Waals surface area (Å²) < 4.78 is 40.6. The van der Waals surface area contributed by atoms with E-state index in [2.05, 4.69) is 10.6 Å². The Morgan fingerprint density at radius 2 is 1.71 bits per heavy atom. The maximum atomic E-state index is 13.1. The largest absolute Gasteiger partial charge is 0.348 e. The van der Waals surface area contributed by atoms with E-state index in [0.717, 1.165) is 18.4 Å². The van der Waals surface area contributed by atoms with E-state index < -0.39 is 27.7 Å². The topological polar surface area (TPSA) is 95.6 Å². The molecule has 1 heterocycles. The van der Waals surface area contributed by atoms with Gasteiger partial charge in [-0.05, 0) is 62.6 Å². The highest BCUT2D eigenvalue weighted by molar-refractivity contribution is 7.89. The minimum Gasteiger partial charge on any atom is -0.348 e. The van der Waals surface area contributed by atoms with E-state index >= 15 is 0 Å².